The summed E-state index contributed by atoms with van der Waals surface area (Å²) in [6.45, 7) is 0. The average molecular weight is 274 g/mol. The zero-order valence-corrected chi connectivity index (χ0v) is 11.6. The highest BCUT2D eigenvalue weighted by Gasteiger charge is 2.40. The van der Waals surface area contributed by atoms with Gasteiger partial charge in [-0.05, 0) is 43.2 Å². The van der Waals surface area contributed by atoms with Crippen molar-refractivity contribution in [2.24, 2.45) is 4.99 Å². The van der Waals surface area contributed by atoms with Crippen LogP contribution in [0.25, 0.3) is 10.8 Å². The van der Waals surface area contributed by atoms with Crippen molar-refractivity contribution in [2.75, 3.05) is 4.90 Å². The molecule has 21 heavy (non-hydrogen) atoms. The second kappa shape index (κ2) is 3.82. The number of anilines is 1. The Morgan fingerprint density at radius 1 is 0.952 bits per heavy atom. The molecule has 0 radical (unpaired) electrons. The average Bonchev–Trinajstić information content (AvgIpc) is 2.82. The fourth-order valence-corrected chi connectivity index (χ4v) is 3.79. The quantitative estimate of drug-likeness (QED) is 0.711. The van der Waals surface area contributed by atoms with Crippen molar-refractivity contribution in [2.45, 2.75) is 25.7 Å². The van der Waals surface area contributed by atoms with E-state index in [0.29, 0.717) is 0 Å². The van der Waals surface area contributed by atoms with Crippen molar-refractivity contribution >= 4 is 33.9 Å². The minimum Gasteiger partial charge on any atom is -0.269 e. The van der Waals surface area contributed by atoms with Crippen molar-refractivity contribution in [3.8, 4) is 0 Å². The number of benzene rings is 2. The normalized spacial score (nSPS) is 19.7. The van der Waals surface area contributed by atoms with Crippen LogP contribution in [0.2, 0.25) is 0 Å². The number of nitrogens with zero attached hydrogens (tertiary/aromatic N) is 2. The lowest BCUT2D eigenvalue weighted by Crippen LogP contribution is -2.33. The van der Waals surface area contributed by atoms with Gasteiger partial charge < -0.3 is 0 Å². The van der Waals surface area contributed by atoms with E-state index >= 15 is 0 Å². The van der Waals surface area contributed by atoms with Crippen LogP contribution in [0.15, 0.2) is 52.5 Å². The molecule has 3 aliphatic rings. The predicted octanol–water partition coefficient (Wildman–Crippen LogP) is 4.10. The van der Waals surface area contributed by atoms with E-state index in [1.807, 2.05) is 29.2 Å². The van der Waals surface area contributed by atoms with E-state index in [9.17, 15) is 4.79 Å². The van der Waals surface area contributed by atoms with Crippen LogP contribution in [-0.2, 0) is 4.79 Å². The molecule has 3 heteroatoms. The van der Waals surface area contributed by atoms with E-state index < -0.39 is 0 Å². The van der Waals surface area contributed by atoms with Gasteiger partial charge in [0.2, 0.25) is 0 Å². The van der Waals surface area contributed by atoms with Crippen LogP contribution in [0, 0.1) is 0 Å². The molecule has 0 fully saturated rings. The summed E-state index contributed by atoms with van der Waals surface area (Å²) in [6, 6.07) is 12.3. The lowest BCUT2D eigenvalue weighted by Gasteiger charge is -2.25. The monoisotopic (exact) mass is 274 g/mol. The van der Waals surface area contributed by atoms with Crippen molar-refractivity contribution in [3.63, 3.8) is 0 Å². The number of amidine groups is 1. The lowest BCUT2D eigenvalue weighted by molar-refractivity contribution is -0.114. The Bertz CT molecular complexity index is 871. The zero-order valence-electron chi connectivity index (χ0n) is 11.6. The molecule has 3 nitrogen and oxygen atoms in total. The zero-order chi connectivity index (χ0) is 14.0. The van der Waals surface area contributed by atoms with Gasteiger partial charge in [0.15, 0.2) is 0 Å². The summed E-state index contributed by atoms with van der Waals surface area (Å²) >= 11 is 0. The number of fused-ring (bicyclic) bond motifs is 3. The molecule has 0 bridgehead atoms. The smallest absolute Gasteiger partial charge is 0.260 e. The van der Waals surface area contributed by atoms with Crippen LogP contribution < -0.4 is 4.90 Å². The highest BCUT2D eigenvalue weighted by Crippen LogP contribution is 2.45. The standard InChI is InChI=1S/C18H14N2O/c21-18-13-8-2-1-7-12(13)17-19-14-9-3-5-11-6-4-10-15(16(11)14)20(17)18/h3-6,9-10H,1-2,7-8H2. The summed E-state index contributed by atoms with van der Waals surface area (Å²) in [6.07, 6.45) is 4.15. The predicted molar refractivity (Wildman–Crippen MR) is 84.0 cm³/mol. The molecule has 0 N–H and O–H groups in total. The minimum absolute atomic E-state index is 0.144. The van der Waals surface area contributed by atoms with Crippen LogP contribution >= 0.6 is 0 Å². The fraction of sp³-hybridized carbons (Fsp3) is 0.222. The molecule has 1 aliphatic carbocycles. The molecular formula is C18H14N2O. The highest BCUT2D eigenvalue weighted by molar-refractivity contribution is 6.38. The highest BCUT2D eigenvalue weighted by atomic mass is 16.2. The first-order valence-electron chi connectivity index (χ1n) is 7.52. The van der Waals surface area contributed by atoms with Crippen molar-refractivity contribution < 1.29 is 4.79 Å². The van der Waals surface area contributed by atoms with Gasteiger partial charge in [0.1, 0.15) is 5.84 Å². The van der Waals surface area contributed by atoms with E-state index in [2.05, 4.69) is 12.1 Å². The third-order valence-electron chi connectivity index (χ3n) is 4.74. The lowest BCUT2D eigenvalue weighted by atomic mass is 9.93. The first-order valence-corrected chi connectivity index (χ1v) is 7.52. The number of carbonyl (C=O) groups is 1. The Morgan fingerprint density at radius 2 is 1.71 bits per heavy atom. The second-order valence-corrected chi connectivity index (χ2v) is 5.89. The fourth-order valence-electron chi connectivity index (χ4n) is 3.79. The van der Waals surface area contributed by atoms with Crippen molar-refractivity contribution in [3.05, 3.63) is 47.5 Å². The van der Waals surface area contributed by atoms with Crippen LogP contribution in [0.1, 0.15) is 25.7 Å². The Kier molecular flexibility index (Phi) is 2.05. The number of carbonyl (C=O) groups excluding carboxylic acids is 1. The first kappa shape index (κ1) is 11.3. The van der Waals surface area contributed by atoms with Gasteiger partial charge in [0.05, 0.1) is 11.4 Å². The third-order valence-corrected chi connectivity index (χ3v) is 4.74. The minimum atomic E-state index is 0.144. The van der Waals surface area contributed by atoms with Crippen LogP contribution in [0.5, 0.6) is 0 Å². The van der Waals surface area contributed by atoms with Crippen molar-refractivity contribution in [1.29, 1.82) is 0 Å². The summed E-state index contributed by atoms with van der Waals surface area (Å²) in [7, 11) is 0. The van der Waals surface area contributed by atoms with Gasteiger partial charge in [0, 0.05) is 16.5 Å². The van der Waals surface area contributed by atoms with Gasteiger partial charge in [-0.15, -0.1) is 0 Å². The van der Waals surface area contributed by atoms with E-state index in [-0.39, 0.29) is 5.91 Å². The largest absolute Gasteiger partial charge is 0.269 e. The van der Waals surface area contributed by atoms with E-state index in [0.717, 1.165) is 59.2 Å². The Hall–Kier alpha value is -2.42. The molecule has 2 heterocycles. The maximum atomic E-state index is 12.8. The molecule has 5 rings (SSSR count). The number of amides is 1. The van der Waals surface area contributed by atoms with Gasteiger partial charge in [0.25, 0.3) is 5.91 Å². The van der Waals surface area contributed by atoms with E-state index in [1.165, 1.54) is 5.57 Å². The SMILES string of the molecule is O=C1C2=C(CCCC2)C2=Nc3cccc4cccc(c34)N12. The first-order chi connectivity index (χ1) is 10.3. The van der Waals surface area contributed by atoms with Gasteiger partial charge in [-0.3, -0.25) is 9.69 Å². The Balaban J connectivity index is 1.85. The molecule has 0 aromatic heterocycles. The molecule has 0 atom stereocenters. The van der Waals surface area contributed by atoms with Gasteiger partial charge in [-0.2, -0.15) is 0 Å². The summed E-state index contributed by atoms with van der Waals surface area (Å²) in [5, 5.41) is 2.24. The molecule has 0 spiro atoms. The maximum absolute atomic E-state index is 12.8. The number of rotatable bonds is 0. The summed E-state index contributed by atoms with van der Waals surface area (Å²) in [5.74, 6) is 1.02. The van der Waals surface area contributed by atoms with Crippen LogP contribution in [-0.4, -0.2) is 11.7 Å². The molecule has 102 valence electrons. The molecule has 2 aromatic carbocycles. The van der Waals surface area contributed by atoms with Gasteiger partial charge in [-0.25, -0.2) is 4.99 Å². The topological polar surface area (TPSA) is 32.7 Å². The molecule has 0 saturated heterocycles. The van der Waals surface area contributed by atoms with Crippen LogP contribution in [0.4, 0.5) is 11.4 Å². The molecule has 2 aliphatic heterocycles. The van der Waals surface area contributed by atoms with E-state index in [1.54, 1.807) is 0 Å². The molecule has 0 saturated carbocycles. The Morgan fingerprint density at radius 3 is 2.57 bits per heavy atom. The molecule has 1 amide bonds. The summed E-state index contributed by atoms with van der Waals surface area (Å²) in [4.78, 5) is 19.5. The third kappa shape index (κ3) is 1.33. The van der Waals surface area contributed by atoms with Gasteiger partial charge >= 0.3 is 0 Å². The van der Waals surface area contributed by atoms with Gasteiger partial charge in [-0.1, -0.05) is 24.3 Å². The van der Waals surface area contributed by atoms with Crippen molar-refractivity contribution in [1.82, 2.24) is 0 Å². The maximum Gasteiger partial charge on any atom is 0.260 e. The second-order valence-electron chi connectivity index (χ2n) is 5.89. The Labute approximate surface area is 122 Å². The molecule has 0 unspecified atom stereocenters. The number of aliphatic imine (C=N–C) groups is 1. The molecule has 2 aromatic rings. The number of hydrogen-bond acceptors (Lipinski definition) is 2. The summed E-state index contributed by atoms with van der Waals surface area (Å²) in [5.41, 5.74) is 4.15. The molecular weight excluding hydrogens is 260 g/mol. The van der Waals surface area contributed by atoms with E-state index in [4.69, 9.17) is 4.99 Å². The van der Waals surface area contributed by atoms with Crippen LogP contribution in [0.3, 0.4) is 0 Å². The summed E-state index contributed by atoms with van der Waals surface area (Å²) < 4.78 is 0. The number of hydrogen-bond donors (Lipinski definition) is 0.